The van der Waals surface area contributed by atoms with Crippen LogP contribution in [0.1, 0.15) is 11.1 Å². The van der Waals surface area contributed by atoms with E-state index in [4.69, 9.17) is 0 Å². The van der Waals surface area contributed by atoms with Crippen LogP contribution in [0.2, 0.25) is 0 Å². The maximum Gasteiger partial charge on any atom is 0.191 e. The topological polar surface area (TPSA) is 54.2 Å². The van der Waals surface area contributed by atoms with Crippen LogP contribution in [0.25, 0.3) is 5.69 Å². The van der Waals surface area contributed by atoms with Gasteiger partial charge in [-0.25, -0.2) is 13.5 Å². The van der Waals surface area contributed by atoms with Gasteiger partial charge in [0.15, 0.2) is 5.96 Å². The summed E-state index contributed by atoms with van der Waals surface area (Å²) in [6, 6.07) is 13.3. The van der Waals surface area contributed by atoms with Crippen LogP contribution in [0.4, 0.5) is 8.78 Å². The van der Waals surface area contributed by atoms with Gasteiger partial charge in [-0.1, -0.05) is 18.2 Å². The Bertz CT molecular complexity index is 912. The molecule has 0 amide bonds. The molecule has 148 valence electrons. The smallest absolute Gasteiger partial charge is 0.191 e. The zero-order valence-electron chi connectivity index (χ0n) is 15.4. The Labute approximate surface area is 179 Å². The standard InChI is InChI=1S/C20H21F2N5.HI/c1-23-20(25-13-16-11-17(21)7-8-19(16)22)24-10-9-15-12-26-27(14-15)18-5-3-2-4-6-18;/h2-8,11-12,14H,9-10,13H2,1H3,(H2,23,24,25);1H. The van der Waals surface area contributed by atoms with E-state index in [0.29, 0.717) is 12.5 Å². The van der Waals surface area contributed by atoms with Gasteiger partial charge in [-0.05, 0) is 42.3 Å². The van der Waals surface area contributed by atoms with Gasteiger partial charge in [0.25, 0.3) is 0 Å². The van der Waals surface area contributed by atoms with E-state index >= 15 is 0 Å². The number of hydrogen-bond acceptors (Lipinski definition) is 2. The quantitative estimate of drug-likeness (QED) is 0.311. The van der Waals surface area contributed by atoms with Gasteiger partial charge in [0.05, 0.1) is 11.9 Å². The molecule has 0 atom stereocenters. The van der Waals surface area contributed by atoms with E-state index in [-0.39, 0.29) is 36.1 Å². The predicted molar refractivity (Wildman–Crippen MR) is 117 cm³/mol. The molecule has 3 rings (SSSR count). The highest BCUT2D eigenvalue weighted by Crippen LogP contribution is 2.09. The summed E-state index contributed by atoms with van der Waals surface area (Å²) in [6.07, 6.45) is 4.56. The van der Waals surface area contributed by atoms with Gasteiger partial charge in [-0.15, -0.1) is 24.0 Å². The van der Waals surface area contributed by atoms with Crippen molar-refractivity contribution in [3.8, 4) is 5.69 Å². The summed E-state index contributed by atoms with van der Waals surface area (Å²) in [5.74, 6) is -0.395. The first kappa shape index (κ1) is 21.8. The Morgan fingerprint density at radius 2 is 1.89 bits per heavy atom. The molecule has 8 heteroatoms. The zero-order chi connectivity index (χ0) is 19.1. The minimum atomic E-state index is -0.466. The third-order valence-corrected chi connectivity index (χ3v) is 4.04. The Morgan fingerprint density at radius 3 is 2.64 bits per heavy atom. The number of hydrogen-bond donors (Lipinski definition) is 2. The first-order chi connectivity index (χ1) is 13.2. The summed E-state index contributed by atoms with van der Waals surface area (Å²) in [6.45, 7) is 0.779. The maximum atomic E-state index is 13.7. The highest BCUT2D eigenvalue weighted by atomic mass is 127. The van der Waals surface area contributed by atoms with Gasteiger partial charge in [0.2, 0.25) is 0 Å². The summed E-state index contributed by atoms with van der Waals surface area (Å²) in [5, 5.41) is 10.5. The molecule has 2 N–H and O–H groups in total. The van der Waals surface area contributed by atoms with Gasteiger partial charge in [-0.3, -0.25) is 4.99 Å². The SMILES string of the molecule is CN=C(NCCc1cnn(-c2ccccc2)c1)NCc1cc(F)ccc1F.I. The highest BCUT2D eigenvalue weighted by Gasteiger charge is 2.06. The number of guanidine groups is 1. The molecular formula is C20H22F2IN5. The van der Waals surface area contributed by atoms with Gasteiger partial charge >= 0.3 is 0 Å². The molecule has 0 spiro atoms. The van der Waals surface area contributed by atoms with Crippen molar-refractivity contribution in [1.82, 2.24) is 20.4 Å². The van der Waals surface area contributed by atoms with Crippen molar-refractivity contribution in [3.05, 3.63) is 83.7 Å². The van der Waals surface area contributed by atoms with E-state index in [1.54, 1.807) is 7.05 Å². The minimum Gasteiger partial charge on any atom is -0.356 e. The van der Waals surface area contributed by atoms with Crippen LogP contribution >= 0.6 is 24.0 Å². The number of nitrogens with zero attached hydrogens (tertiary/aromatic N) is 3. The lowest BCUT2D eigenvalue weighted by molar-refractivity contribution is 0.581. The molecule has 28 heavy (non-hydrogen) atoms. The Morgan fingerprint density at radius 1 is 1.11 bits per heavy atom. The zero-order valence-corrected chi connectivity index (χ0v) is 17.7. The van der Waals surface area contributed by atoms with Gasteiger partial charge < -0.3 is 10.6 Å². The number of para-hydroxylation sites is 1. The third-order valence-electron chi connectivity index (χ3n) is 4.04. The second-order valence-electron chi connectivity index (χ2n) is 5.97. The maximum absolute atomic E-state index is 13.7. The van der Waals surface area contributed by atoms with Crippen molar-refractivity contribution in [3.63, 3.8) is 0 Å². The molecule has 3 aromatic rings. The number of aromatic nitrogens is 2. The van der Waals surface area contributed by atoms with Crippen LogP contribution in [0.3, 0.4) is 0 Å². The molecular weight excluding hydrogens is 475 g/mol. The monoisotopic (exact) mass is 497 g/mol. The molecule has 0 unspecified atom stereocenters. The Balaban J connectivity index is 0.00000280. The number of aliphatic imine (C=N–C) groups is 1. The molecule has 2 aromatic carbocycles. The molecule has 5 nitrogen and oxygen atoms in total. The lowest BCUT2D eigenvalue weighted by Gasteiger charge is -2.12. The largest absolute Gasteiger partial charge is 0.356 e. The predicted octanol–water partition coefficient (Wildman–Crippen LogP) is 3.68. The molecule has 0 saturated carbocycles. The van der Waals surface area contributed by atoms with Crippen molar-refractivity contribution in [2.24, 2.45) is 4.99 Å². The fourth-order valence-corrected chi connectivity index (χ4v) is 2.61. The van der Waals surface area contributed by atoms with E-state index in [0.717, 1.165) is 29.8 Å². The number of halogens is 3. The second kappa shape index (κ2) is 10.7. The lowest BCUT2D eigenvalue weighted by atomic mass is 10.2. The second-order valence-corrected chi connectivity index (χ2v) is 5.97. The molecule has 0 aliphatic carbocycles. The van der Waals surface area contributed by atoms with Crippen molar-refractivity contribution in [2.75, 3.05) is 13.6 Å². The average molecular weight is 497 g/mol. The van der Waals surface area contributed by atoms with Crippen LogP contribution in [0.5, 0.6) is 0 Å². The van der Waals surface area contributed by atoms with E-state index in [9.17, 15) is 8.78 Å². The summed E-state index contributed by atoms with van der Waals surface area (Å²) in [4.78, 5) is 4.10. The molecule has 0 radical (unpaired) electrons. The fraction of sp³-hybridized carbons (Fsp3) is 0.200. The summed E-state index contributed by atoms with van der Waals surface area (Å²) in [7, 11) is 1.63. The summed E-state index contributed by atoms with van der Waals surface area (Å²) >= 11 is 0. The van der Waals surface area contributed by atoms with E-state index in [2.05, 4.69) is 20.7 Å². The molecule has 1 aromatic heterocycles. The van der Waals surface area contributed by atoms with E-state index in [1.807, 2.05) is 47.4 Å². The molecule has 0 saturated heterocycles. The minimum absolute atomic E-state index is 0. The van der Waals surface area contributed by atoms with Crippen LogP contribution in [0.15, 0.2) is 65.9 Å². The number of benzene rings is 2. The normalized spacial score (nSPS) is 11.0. The van der Waals surface area contributed by atoms with Crippen molar-refractivity contribution in [2.45, 2.75) is 13.0 Å². The van der Waals surface area contributed by atoms with Crippen molar-refractivity contribution in [1.29, 1.82) is 0 Å². The molecule has 1 heterocycles. The number of rotatable bonds is 6. The van der Waals surface area contributed by atoms with Crippen molar-refractivity contribution < 1.29 is 8.78 Å². The van der Waals surface area contributed by atoms with Gasteiger partial charge in [-0.2, -0.15) is 5.10 Å². The summed E-state index contributed by atoms with van der Waals surface area (Å²) < 4.78 is 28.7. The average Bonchev–Trinajstić information content (AvgIpc) is 3.16. The van der Waals surface area contributed by atoms with Crippen LogP contribution in [-0.2, 0) is 13.0 Å². The van der Waals surface area contributed by atoms with E-state index < -0.39 is 11.6 Å². The van der Waals surface area contributed by atoms with Crippen molar-refractivity contribution >= 4 is 29.9 Å². The lowest BCUT2D eigenvalue weighted by Crippen LogP contribution is -2.38. The third kappa shape index (κ3) is 6.01. The Hall–Kier alpha value is -2.49. The van der Waals surface area contributed by atoms with Crippen LogP contribution in [-0.4, -0.2) is 29.3 Å². The van der Waals surface area contributed by atoms with E-state index in [1.165, 1.54) is 6.07 Å². The highest BCUT2D eigenvalue weighted by molar-refractivity contribution is 14.0. The molecule has 0 fully saturated rings. The fourth-order valence-electron chi connectivity index (χ4n) is 2.61. The van der Waals surface area contributed by atoms with Gasteiger partial charge in [0, 0.05) is 31.9 Å². The molecule has 0 aliphatic rings. The van der Waals surface area contributed by atoms with Crippen LogP contribution < -0.4 is 10.6 Å². The first-order valence-corrected chi connectivity index (χ1v) is 8.63. The Kier molecular flexibility index (Phi) is 8.37. The van der Waals surface area contributed by atoms with Crippen LogP contribution in [0, 0.1) is 11.6 Å². The summed E-state index contributed by atoms with van der Waals surface area (Å²) in [5.41, 5.74) is 2.34. The van der Waals surface area contributed by atoms with Gasteiger partial charge in [0.1, 0.15) is 11.6 Å². The number of nitrogens with one attached hydrogen (secondary N) is 2. The first-order valence-electron chi connectivity index (χ1n) is 8.63. The molecule has 0 aliphatic heterocycles. The molecule has 0 bridgehead atoms.